The van der Waals surface area contributed by atoms with Crippen LogP contribution in [-0.4, -0.2) is 25.8 Å². The lowest BCUT2D eigenvalue weighted by molar-refractivity contribution is 0.0686. The number of aryl methyl sites for hydroxylation is 1. The first-order chi connectivity index (χ1) is 7.61. The van der Waals surface area contributed by atoms with E-state index < -0.39 is 5.97 Å². The molecular formula is C10H10N4O2. The molecule has 0 bridgehead atoms. The maximum atomic E-state index is 10.9. The predicted molar refractivity (Wildman–Crippen MR) is 57.8 cm³/mol. The Morgan fingerprint density at radius 2 is 2.25 bits per heavy atom. The Morgan fingerprint density at radius 1 is 1.50 bits per heavy atom. The van der Waals surface area contributed by atoms with Gasteiger partial charge in [0.05, 0.1) is 11.4 Å². The minimum atomic E-state index is -1.10. The molecular weight excluding hydrogens is 208 g/mol. The number of carboxylic acids is 1. The van der Waals surface area contributed by atoms with Crippen molar-refractivity contribution in [2.24, 2.45) is 7.05 Å². The van der Waals surface area contributed by atoms with Gasteiger partial charge in [-0.15, -0.1) is 0 Å². The number of hydrogen-bond acceptors (Lipinski definition) is 4. The number of carbonyl (C=O) groups is 1. The highest BCUT2D eigenvalue weighted by Gasteiger charge is 2.20. The van der Waals surface area contributed by atoms with Crippen LogP contribution in [0.1, 0.15) is 10.5 Å². The van der Waals surface area contributed by atoms with Crippen molar-refractivity contribution < 1.29 is 9.90 Å². The number of rotatable bonds is 2. The maximum Gasteiger partial charge on any atom is 0.356 e. The molecule has 3 N–H and O–H groups in total. The molecule has 2 aromatic rings. The SMILES string of the molecule is Cn1nc(-c2ccccn2)c(N)c1C(=O)O. The van der Waals surface area contributed by atoms with E-state index in [4.69, 9.17) is 10.8 Å². The molecule has 2 aromatic heterocycles. The van der Waals surface area contributed by atoms with Crippen LogP contribution in [0, 0.1) is 0 Å². The zero-order valence-corrected chi connectivity index (χ0v) is 8.58. The highest BCUT2D eigenvalue weighted by Crippen LogP contribution is 2.25. The molecule has 0 aliphatic heterocycles. The number of carboxylic acid groups (broad SMARTS) is 1. The Balaban J connectivity index is 2.61. The first kappa shape index (κ1) is 10.2. The molecule has 16 heavy (non-hydrogen) atoms. The third-order valence-corrected chi connectivity index (χ3v) is 2.19. The highest BCUT2D eigenvalue weighted by atomic mass is 16.4. The summed E-state index contributed by atoms with van der Waals surface area (Å²) in [4.78, 5) is 15.0. The van der Waals surface area contributed by atoms with Gasteiger partial charge < -0.3 is 10.8 Å². The van der Waals surface area contributed by atoms with Crippen molar-refractivity contribution >= 4 is 11.7 Å². The van der Waals surface area contributed by atoms with Crippen LogP contribution in [0.4, 0.5) is 5.69 Å². The van der Waals surface area contributed by atoms with E-state index in [2.05, 4.69) is 10.1 Å². The summed E-state index contributed by atoms with van der Waals surface area (Å²) in [6.45, 7) is 0. The molecule has 0 saturated heterocycles. The van der Waals surface area contributed by atoms with E-state index in [1.54, 1.807) is 24.4 Å². The Hall–Kier alpha value is -2.37. The predicted octanol–water partition coefficient (Wildman–Crippen LogP) is 0.762. The number of nitrogens with zero attached hydrogens (tertiary/aromatic N) is 3. The van der Waals surface area contributed by atoms with Gasteiger partial charge in [-0.3, -0.25) is 9.67 Å². The largest absolute Gasteiger partial charge is 0.476 e. The minimum Gasteiger partial charge on any atom is -0.476 e. The quantitative estimate of drug-likeness (QED) is 0.776. The van der Waals surface area contributed by atoms with Crippen LogP contribution in [0.2, 0.25) is 0 Å². The summed E-state index contributed by atoms with van der Waals surface area (Å²) >= 11 is 0. The third kappa shape index (κ3) is 1.50. The highest BCUT2D eigenvalue weighted by molar-refractivity contribution is 5.95. The van der Waals surface area contributed by atoms with E-state index in [9.17, 15) is 4.79 Å². The number of anilines is 1. The summed E-state index contributed by atoms with van der Waals surface area (Å²) in [7, 11) is 1.53. The normalized spacial score (nSPS) is 10.3. The Bertz CT molecular complexity index is 533. The first-order valence-electron chi connectivity index (χ1n) is 4.58. The van der Waals surface area contributed by atoms with E-state index in [1.807, 2.05) is 0 Å². The number of aromatic nitrogens is 3. The average molecular weight is 218 g/mol. The summed E-state index contributed by atoms with van der Waals surface area (Å²) in [6.07, 6.45) is 1.60. The molecule has 0 atom stereocenters. The van der Waals surface area contributed by atoms with Crippen molar-refractivity contribution in [3.8, 4) is 11.4 Å². The average Bonchev–Trinajstić information content (AvgIpc) is 2.55. The molecule has 0 spiro atoms. The molecule has 82 valence electrons. The van der Waals surface area contributed by atoms with Gasteiger partial charge >= 0.3 is 5.97 Å². The molecule has 0 unspecified atom stereocenters. The number of pyridine rings is 1. The van der Waals surface area contributed by atoms with Gasteiger partial charge in [-0.1, -0.05) is 6.07 Å². The molecule has 0 amide bonds. The van der Waals surface area contributed by atoms with E-state index in [-0.39, 0.29) is 11.4 Å². The molecule has 6 nitrogen and oxygen atoms in total. The second kappa shape index (κ2) is 3.65. The summed E-state index contributed by atoms with van der Waals surface area (Å²) in [5.74, 6) is -1.10. The fourth-order valence-electron chi connectivity index (χ4n) is 1.49. The van der Waals surface area contributed by atoms with E-state index >= 15 is 0 Å². The maximum absolute atomic E-state index is 10.9. The van der Waals surface area contributed by atoms with Crippen LogP contribution in [0.25, 0.3) is 11.4 Å². The molecule has 0 aliphatic carbocycles. The molecule has 6 heteroatoms. The first-order valence-corrected chi connectivity index (χ1v) is 4.58. The van der Waals surface area contributed by atoms with E-state index in [0.717, 1.165) is 0 Å². The van der Waals surface area contributed by atoms with Crippen LogP contribution in [0.5, 0.6) is 0 Å². The van der Waals surface area contributed by atoms with Crippen molar-refractivity contribution in [2.75, 3.05) is 5.73 Å². The van der Waals surface area contributed by atoms with Crippen LogP contribution >= 0.6 is 0 Å². The summed E-state index contributed by atoms with van der Waals surface area (Å²) in [5, 5.41) is 13.0. The van der Waals surface area contributed by atoms with Gasteiger partial charge in [-0.2, -0.15) is 5.10 Å². The fraction of sp³-hybridized carbons (Fsp3) is 0.100. The molecule has 2 rings (SSSR count). The van der Waals surface area contributed by atoms with Crippen LogP contribution in [-0.2, 0) is 7.05 Å². The lowest BCUT2D eigenvalue weighted by Gasteiger charge is -1.96. The minimum absolute atomic E-state index is 0.0272. The Kier molecular flexibility index (Phi) is 2.32. The second-order valence-electron chi connectivity index (χ2n) is 3.25. The number of hydrogen-bond donors (Lipinski definition) is 2. The third-order valence-electron chi connectivity index (χ3n) is 2.19. The molecule has 0 radical (unpaired) electrons. The standard InChI is InChI=1S/C10H10N4O2/c1-14-9(10(15)16)7(11)8(13-14)6-4-2-3-5-12-6/h2-5H,11H2,1H3,(H,15,16). The zero-order chi connectivity index (χ0) is 11.7. The monoisotopic (exact) mass is 218 g/mol. The van der Waals surface area contributed by atoms with Gasteiger partial charge in [0.25, 0.3) is 0 Å². The number of nitrogens with two attached hydrogens (primary N) is 1. The van der Waals surface area contributed by atoms with Crippen LogP contribution in [0.3, 0.4) is 0 Å². The molecule has 0 saturated carbocycles. The van der Waals surface area contributed by atoms with Gasteiger partial charge in [0.1, 0.15) is 5.69 Å². The van der Waals surface area contributed by atoms with Crippen molar-refractivity contribution in [3.05, 3.63) is 30.1 Å². The van der Waals surface area contributed by atoms with Crippen molar-refractivity contribution in [3.63, 3.8) is 0 Å². The van der Waals surface area contributed by atoms with Gasteiger partial charge in [0.15, 0.2) is 5.69 Å². The summed E-state index contributed by atoms with van der Waals surface area (Å²) in [6, 6.07) is 5.28. The Morgan fingerprint density at radius 3 is 2.75 bits per heavy atom. The second-order valence-corrected chi connectivity index (χ2v) is 3.25. The van der Waals surface area contributed by atoms with Gasteiger partial charge in [0.2, 0.25) is 0 Å². The van der Waals surface area contributed by atoms with Gasteiger partial charge in [0, 0.05) is 13.2 Å². The van der Waals surface area contributed by atoms with E-state index in [1.165, 1.54) is 11.7 Å². The topological polar surface area (TPSA) is 94.0 Å². The lowest BCUT2D eigenvalue weighted by Crippen LogP contribution is -2.07. The molecule has 0 fully saturated rings. The van der Waals surface area contributed by atoms with E-state index in [0.29, 0.717) is 11.4 Å². The smallest absolute Gasteiger partial charge is 0.356 e. The molecule has 2 heterocycles. The zero-order valence-electron chi connectivity index (χ0n) is 8.58. The van der Waals surface area contributed by atoms with Gasteiger partial charge in [-0.25, -0.2) is 4.79 Å². The number of aromatic carboxylic acids is 1. The number of nitrogen functional groups attached to an aromatic ring is 1. The fourth-order valence-corrected chi connectivity index (χ4v) is 1.49. The van der Waals surface area contributed by atoms with Crippen molar-refractivity contribution in [2.45, 2.75) is 0 Å². The van der Waals surface area contributed by atoms with Crippen molar-refractivity contribution in [1.82, 2.24) is 14.8 Å². The van der Waals surface area contributed by atoms with Gasteiger partial charge in [-0.05, 0) is 12.1 Å². The van der Waals surface area contributed by atoms with Crippen molar-refractivity contribution in [1.29, 1.82) is 0 Å². The Labute approximate surface area is 91.3 Å². The molecule has 0 aromatic carbocycles. The molecule has 0 aliphatic rings. The summed E-state index contributed by atoms with van der Waals surface area (Å²) < 4.78 is 1.24. The van der Waals surface area contributed by atoms with Crippen LogP contribution < -0.4 is 5.73 Å². The van der Waals surface area contributed by atoms with Crippen LogP contribution in [0.15, 0.2) is 24.4 Å². The lowest BCUT2D eigenvalue weighted by atomic mass is 10.2. The summed E-state index contributed by atoms with van der Waals surface area (Å²) in [5.41, 5.74) is 6.79.